The van der Waals surface area contributed by atoms with Crippen LogP contribution in [0.2, 0.25) is 0 Å². The second-order valence-electron chi connectivity index (χ2n) is 9.19. The lowest BCUT2D eigenvalue weighted by atomic mass is 10.1. The third kappa shape index (κ3) is 8.80. The first-order chi connectivity index (χ1) is 18.4. The number of hydrogen-bond acceptors (Lipinski definition) is 5. The number of urea groups is 1. The molecule has 0 aliphatic carbocycles. The molecule has 0 saturated carbocycles. The Morgan fingerprint density at radius 1 is 0.895 bits per heavy atom. The maximum absolute atomic E-state index is 13.6. The summed E-state index contributed by atoms with van der Waals surface area (Å²) in [6.07, 6.45) is 2.43. The average molecular weight is 538 g/mol. The first-order valence-electron chi connectivity index (χ1n) is 13.0. The number of rotatable bonds is 14. The van der Waals surface area contributed by atoms with Gasteiger partial charge in [0.25, 0.3) is 0 Å². The molecule has 0 saturated heterocycles. The van der Waals surface area contributed by atoms with Gasteiger partial charge >= 0.3 is 6.03 Å². The van der Waals surface area contributed by atoms with E-state index in [0.717, 1.165) is 28.8 Å². The van der Waals surface area contributed by atoms with Gasteiger partial charge in [-0.05, 0) is 55.2 Å². The molecule has 2 aromatic carbocycles. The highest BCUT2D eigenvalue weighted by Gasteiger charge is 2.22. The van der Waals surface area contributed by atoms with Crippen LogP contribution in [0.15, 0.2) is 60.7 Å². The minimum absolute atomic E-state index is 0.0386. The van der Waals surface area contributed by atoms with Gasteiger partial charge in [0.15, 0.2) is 11.5 Å². The minimum Gasteiger partial charge on any atom is -0.493 e. The molecule has 3 amide bonds. The highest BCUT2D eigenvalue weighted by Crippen LogP contribution is 2.28. The van der Waals surface area contributed by atoms with E-state index < -0.39 is 0 Å². The summed E-state index contributed by atoms with van der Waals surface area (Å²) < 4.78 is 10.8. The summed E-state index contributed by atoms with van der Waals surface area (Å²) in [5, 5.41) is 2.98. The van der Waals surface area contributed by atoms with Crippen LogP contribution in [0.3, 0.4) is 0 Å². The number of hydrogen-bond donors (Lipinski definition) is 1. The summed E-state index contributed by atoms with van der Waals surface area (Å²) in [7, 11) is 3.23. The highest BCUT2D eigenvalue weighted by atomic mass is 32.1. The Hall–Kier alpha value is -3.52. The number of carbonyl (C=O) groups is 2. The first kappa shape index (κ1) is 29.0. The van der Waals surface area contributed by atoms with Crippen molar-refractivity contribution >= 4 is 23.3 Å². The zero-order valence-corrected chi connectivity index (χ0v) is 23.7. The lowest BCUT2D eigenvalue weighted by Crippen LogP contribution is -2.47. The number of nitrogens with one attached hydrogen (secondary N) is 1. The normalized spacial score (nSPS) is 10.6. The molecular weight excluding hydrogens is 498 g/mol. The number of nitrogens with zero attached hydrogens (tertiary/aromatic N) is 2. The third-order valence-electron chi connectivity index (χ3n) is 6.30. The van der Waals surface area contributed by atoms with Crippen molar-refractivity contribution in [1.82, 2.24) is 15.1 Å². The highest BCUT2D eigenvalue weighted by molar-refractivity contribution is 7.11. The number of unbranched alkanes of at least 4 members (excludes halogenated alkanes) is 1. The third-order valence-corrected chi connectivity index (χ3v) is 7.28. The zero-order valence-electron chi connectivity index (χ0n) is 22.9. The second kappa shape index (κ2) is 15.0. The predicted octanol–water partition coefficient (Wildman–Crippen LogP) is 5.66. The van der Waals surface area contributed by atoms with Crippen LogP contribution in [0.5, 0.6) is 11.5 Å². The lowest BCUT2D eigenvalue weighted by molar-refractivity contribution is -0.132. The summed E-state index contributed by atoms with van der Waals surface area (Å²) in [4.78, 5) is 32.5. The summed E-state index contributed by atoms with van der Waals surface area (Å²) in [5.74, 6) is 1.27. The standard InChI is InChI=1S/C30H39N3O4S/c1-5-6-17-33(30(35)31-20-25-10-8-7-9-11-25)22-29(34)32(21-26-14-12-23(2)38-26)18-16-24-13-15-27(36-3)28(19-24)37-4/h7-15,19H,5-6,16-18,20-22H2,1-4H3,(H,31,35). The average Bonchev–Trinajstić information content (AvgIpc) is 3.36. The number of amides is 3. The monoisotopic (exact) mass is 537 g/mol. The molecule has 204 valence electrons. The summed E-state index contributed by atoms with van der Waals surface area (Å²) in [6.45, 7) is 6.18. The van der Waals surface area contributed by atoms with Crippen LogP contribution in [0, 0.1) is 6.92 Å². The molecule has 0 aliphatic heterocycles. The molecule has 0 atom stereocenters. The van der Waals surface area contributed by atoms with Gasteiger partial charge in [-0.15, -0.1) is 11.3 Å². The van der Waals surface area contributed by atoms with E-state index in [4.69, 9.17) is 9.47 Å². The van der Waals surface area contributed by atoms with Crippen molar-refractivity contribution in [2.45, 2.75) is 46.2 Å². The summed E-state index contributed by atoms with van der Waals surface area (Å²) in [6, 6.07) is 19.5. The molecule has 8 heteroatoms. The molecule has 7 nitrogen and oxygen atoms in total. The molecule has 0 aliphatic rings. The van der Waals surface area contributed by atoms with E-state index in [1.807, 2.05) is 53.4 Å². The van der Waals surface area contributed by atoms with Crippen molar-refractivity contribution < 1.29 is 19.1 Å². The molecule has 1 heterocycles. The quantitative estimate of drug-likeness (QED) is 0.288. The van der Waals surface area contributed by atoms with Crippen molar-refractivity contribution in [3.63, 3.8) is 0 Å². The van der Waals surface area contributed by atoms with E-state index in [-0.39, 0.29) is 18.5 Å². The largest absolute Gasteiger partial charge is 0.493 e. The van der Waals surface area contributed by atoms with E-state index in [9.17, 15) is 9.59 Å². The number of aryl methyl sites for hydroxylation is 1. The van der Waals surface area contributed by atoms with Crippen LogP contribution < -0.4 is 14.8 Å². The first-order valence-corrected chi connectivity index (χ1v) is 13.9. The van der Waals surface area contributed by atoms with Crippen molar-refractivity contribution in [3.05, 3.63) is 81.5 Å². The smallest absolute Gasteiger partial charge is 0.318 e. The van der Waals surface area contributed by atoms with Gasteiger partial charge in [-0.2, -0.15) is 0 Å². The Labute approximate surface area is 230 Å². The van der Waals surface area contributed by atoms with Gasteiger partial charge in [0.1, 0.15) is 6.54 Å². The topological polar surface area (TPSA) is 71.1 Å². The van der Waals surface area contributed by atoms with Crippen molar-refractivity contribution in [2.75, 3.05) is 33.9 Å². The molecule has 1 N–H and O–H groups in total. The maximum Gasteiger partial charge on any atom is 0.318 e. The molecule has 3 rings (SSSR count). The Morgan fingerprint density at radius 2 is 1.66 bits per heavy atom. The SMILES string of the molecule is CCCCN(CC(=O)N(CCc1ccc(OC)c(OC)c1)Cc1ccc(C)s1)C(=O)NCc1ccccc1. The fourth-order valence-corrected chi connectivity index (χ4v) is 5.01. The van der Waals surface area contributed by atoms with Crippen LogP contribution >= 0.6 is 11.3 Å². The number of ether oxygens (including phenoxy) is 2. The number of methoxy groups -OCH3 is 2. The fraction of sp³-hybridized carbons (Fsp3) is 0.400. The van der Waals surface area contributed by atoms with Gasteiger partial charge in [-0.3, -0.25) is 4.79 Å². The molecule has 1 aromatic heterocycles. The van der Waals surface area contributed by atoms with Crippen molar-refractivity contribution in [1.29, 1.82) is 0 Å². The van der Waals surface area contributed by atoms with Gasteiger partial charge in [0.05, 0.1) is 20.8 Å². The lowest BCUT2D eigenvalue weighted by Gasteiger charge is -2.28. The Balaban J connectivity index is 1.71. The summed E-state index contributed by atoms with van der Waals surface area (Å²) in [5.41, 5.74) is 2.07. The zero-order chi connectivity index (χ0) is 27.3. The fourth-order valence-electron chi connectivity index (χ4n) is 4.10. The van der Waals surface area contributed by atoms with Crippen molar-refractivity contribution in [3.8, 4) is 11.5 Å². The van der Waals surface area contributed by atoms with Crippen LogP contribution in [-0.2, 0) is 24.3 Å². The van der Waals surface area contributed by atoms with Crippen LogP contribution in [0.4, 0.5) is 4.79 Å². The maximum atomic E-state index is 13.6. The van der Waals surface area contributed by atoms with E-state index in [1.54, 1.807) is 30.5 Å². The van der Waals surface area contributed by atoms with Gasteiger partial charge in [0, 0.05) is 29.4 Å². The molecule has 38 heavy (non-hydrogen) atoms. The Bertz CT molecular complexity index is 1170. The molecule has 0 radical (unpaired) electrons. The molecule has 0 fully saturated rings. The van der Waals surface area contributed by atoms with E-state index in [1.165, 1.54) is 4.88 Å². The number of thiophene rings is 1. The molecule has 0 bridgehead atoms. The van der Waals surface area contributed by atoms with Gasteiger partial charge < -0.3 is 24.6 Å². The summed E-state index contributed by atoms with van der Waals surface area (Å²) >= 11 is 1.69. The van der Waals surface area contributed by atoms with E-state index in [2.05, 4.69) is 31.3 Å². The molecular formula is C30H39N3O4S. The van der Waals surface area contributed by atoms with E-state index in [0.29, 0.717) is 44.1 Å². The number of benzene rings is 2. The van der Waals surface area contributed by atoms with Gasteiger partial charge in [-0.25, -0.2) is 4.79 Å². The van der Waals surface area contributed by atoms with Gasteiger partial charge in [0.2, 0.25) is 5.91 Å². The van der Waals surface area contributed by atoms with Crippen LogP contribution in [0.1, 0.15) is 40.6 Å². The molecule has 3 aromatic rings. The van der Waals surface area contributed by atoms with Crippen LogP contribution in [-0.4, -0.2) is 55.6 Å². The van der Waals surface area contributed by atoms with Gasteiger partial charge in [-0.1, -0.05) is 49.7 Å². The minimum atomic E-state index is -0.220. The number of carbonyl (C=O) groups excluding carboxylic acids is 2. The van der Waals surface area contributed by atoms with Crippen LogP contribution in [0.25, 0.3) is 0 Å². The van der Waals surface area contributed by atoms with Crippen molar-refractivity contribution in [2.24, 2.45) is 0 Å². The van der Waals surface area contributed by atoms with E-state index >= 15 is 0 Å². The predicted molar refractivity (Wildman–Crippen MR) is 153 cm³/mol. The molecule has 0 unspecified atom stereocenters. The molecule has 0 spiro atoms. The second-order valence-corrected chi connectivity index (χ2v) is 10.6. The Morgan fingerprint density at radius 3 is 2.32 bits per heavy atom. The Kier molecular flexibility index (Phi) is 11.5.